The monoisotopic (exact) mass is 482 g/mol. The second kappa shape index (κ2) is 8.66. The van der Waals surface area contributed by atoms with Crippen molar-refractivity contribution < 1.29 is 33.9 Å². The number of nitrogens with zero attached hydrogens (tertiary/aromatic N) is 3. The van der Waals surface area contributed by atoms with Gasteiger partial charge in [0.25, 0.3) is 11.8 Å². The zero-order chi connectivity index (χ0) is 23.0. The number of carbonyl (C=O) groups excluding carboxylic acids is 3. The minimum atomic E-state index is -1.35. The van der Waals surface area contributed by atoms with E-state index in [2.05, 4.69) is 20.2 Å². The SMILES string of the molecule is NC(=O)OCC1=C(C(=O)O)N2C(=O)[C@@H](NC(=O)C(=NOC3CC3)c3csc(N)n3)[C@@H]2SC1. The van der Waals surface area contributed by atoms with Crippen molar-refractivity contribution in [2.24, 2.45) is 10.9 Å². The number of oxime groups is 1. The van der Waals surface area contributed by atoms with E-state index in [0.29, 0.717) is 0 Å². The molecule has 3 heterocycles. The molecule has 13 nitrogen and oxygen atoms in total. The number of carboxylic acid groups (broad SMARTS) is 1. The molecule has 32 heavy (non-hydrogen) atoms. The second-order valence-electron chi connectivity index (χ2n) is 7.04. The molecular weight excluding hydrogens is 464 g/mol. The van der Waals surface area contributed by atoms with Crippen molar-refractivity contribution in [3.05, 3.63) is 22.3 Å². The third-order valence-corrected chi connectivity index (χ3v) is 6.74. The predicted molar refractivity (Wildman–Crippen MR) is 112 cm³/mol. The van der Waals surface area contributed by atoms with Crippen molar-refractivity contribution in [1.82, 2.24) is 15.2 Å². The Bertz CT molecular complexity index is 1050. The van der Waals surface area contributed by atoms with Crippen molar-refractivity contribution in [1.29, 1.82) is 0 Å². The van der Waals surface area contributed by atoms with Gasteiger partial charge in [-0.15, -0.1) is 23.1 Å². The molecule has 0 spiro atoms. The Morgan fingerprint density at radius 3 is 2.72 bits per heavy atom. The highest BCUT2D eigenvalue weighted by molar-refractivity contribution is 8.00. The fraction of sp³-hybridized carbons (Fsp3) is 0.412. The summed E-state index contributed by atoms with van der Waals surface area (Å²) in [7, 11) is 0. The lowest BCUT2D eigenvalue weighted by Gasteiger charge is -2.49. The Labute approximate surface area is 188 Å². The molecule has 170 valence electrons. The van der Waals surface area contributed by atoms with Gasteiger partial charge in [-0.05, 0) is 12.8 Å². The van der Waals surface area contributed by atoms with Crippen molar-refractivity contribution >= 4 is 57.8 Å². The lowest BCUT2D eigenvalue weighted by Crippen LogP contribution is -2.71. The number of ether oxygens (including phenoxy) is 1. The highest BCUT2D eigenvalue weighted by Crippen LogP contribution is 2.40. The molecule has 1 saturated carbocycles. The number of primary amides is 1. The molecule has 0 unspecified atom stereocenters. The van der Waals surface area contributed by atoms with E-state index in [1.54, 1.807) is 5.38 Å². The average Bonchev–Trinajstić information content (AvgIpc) is 3.48. The second-order valence-corrected chi connectivity index (χ2v) is 9.04. The van der Waals surface area contributed by atoms with Crippen LogP contribution in [0.5, 0.6) is 0 Å². The first-order chi connectivity index (χ1) is 15.3. The van der Waals surface area contributed by atoms with E-state index in [9.17, 15) is 24.3 Å². The number of thiazole rings is 1. The van der Waals surface area contributed by atoms with E-state index < -0.39 is 35.3 Å². The van der Waals surface area contributed by atoms with E-state index in [-0.39, 0.29) is 46.3 Å². The van der Waals surface area contributed by atoms with E-state index in [4.69, 9.17) is 16.3 Å². The van der Waals surface area contributed by atoms with Gasteiger partial charge in [-0.3, -0.25) is 14.5 Å². The summed E-state index contributed by atoms with van der Waals surface area (Å²) < 4.78 is 4.68. The number of amides is 3. The number of rotatable bonds is 8. The number of fused-ring (bicyclic) bond motifs is 1. The third kappa shape index (κ3) is 4.34. The molecular formula is C17H18N6O7S2. The molecule has 2 fully saturated rings. The van der Waals surface area contributed by atoms with Gasteiger partial charge in [0.2, 0.25) is 0 Å². The fourth-order valence-electron chi connectivity index (χ4n) is 3.06. The first-order valence-corrected chi connectivity index (χ1v) is 11.3. The Morgan fingerprint density at radius 2 is 2.12 bits per heavy atom. The van der Waals surface area contributed by atoms with Crippen LogP contribution < -0.4 is 16.8 Å². The smallest absolute Gasteiger partial charge is 0.404 e. The number of thioether (sulfide) groups is 1. The summed E-state index contributed by atoms with van der Waals surface area (Å²) in [5.74, 6) is -2.50. The van der Waals surface area contributed by atoms with Gasteiger partial charge >= 0.3 is 12.1 Å². The summed E-state index contributed by atoms with van der Waals surface area (Å²) in [6.07, 6.45) is 0.543. The maximum absolute atomic E-state index is 12.9. The van der Waals surface area contributed by atoms with Crippen LogP contribution in [0.25, 0.3) is 0 Å². The van der Waals surface area contributed by atoms with Crippen LogP contribution in [0.2, 0.25) is 0 Å². The Kier molecular flexibility index (Phi) is 5.92. The van der Waals surface area contributed by atoms with Gasteiger partial charge in [0.05, 0.1) is 0 Å². The summed E-state index contributed by atoms with van der Waals surface area (Å²) in [5, 5.41) is 17.2. The number of carbonyl (C=O) groups is 4. The zero-order valence-corrected chi connectivity index (χ0v) is 18.0. The molecule has 2 atom stereocenters. The van der Waals surface area contributed by atoms with Crippen molar-refractivity contribution in [2.45, 2.75) is 30.4 Å². The van der Waals surface area contributed by atoms with Crippen LogP contribution in [-0.4, -0.2) is 74.5 Å². The molecule has 1 aromatic rings. The summed E-state index contributed by atoms with van der Waals surface area (Å²) in [5.41, 5.74) is 10.6. The molecule has 1 saturated heterocycles. The summed E-state index contributed by atoms with van der Waals surface area (Å²) in [6, 6.07) is -0.984. The van der Waals surface area contributed by atoms with Gasteiger partial charge in [-0.25, -0.2) is 14.6 Å². The van der Waals surface area contributed by atoms with Gasteiger partial charge in [-0.2, -0.15) is 0 Å². The van der Waals surface area contributed by atoms with Crippen LogP contribution in [0, 0.1) is 0 Å². The van der Waals surface area contributed by atoms with Gasteiger partial charge in [0.15, 0.2) is 10.8 Å². The molecule has 3 aliphatic rings. The zero-order valence-electron chi connectivity index (χ0n) is 16.3. The van der Waals surface area contributed by atoms with Crippen LogP contribution in [-0.2, 0) is 24.0 Å². The van der Waals surface area contributed by atoms with Gasteiger partial charge in [0, 0.05) is 16.7 Å². The first kappa shape index (κ1) is 21.9. The number of anilines is 1. The molecule has 0 radical (unpaired) electrons. The van der Waals surface area contributed by atoms with Crippen molar-refractivity contribution in [3.63, 3.8) is 0 Å². The minimum absolute atomic E-state index is 0.0622. The van der Waals surface area contributed by atoms with Crippen LogP contribution in [0.4, 0.5) is 9.93 Å². The van der Waals surface area contributed by atoms with E-state index in [1.807, 2.05) is 0 Å². The highest BCUT2D eigenvalue weighted by Gasteiger charge is 2.54. The van der Waals surface area contributed by atoms with Crippen LogP contribution in [0.3, 0.4) is 0 Å². The first-order valence-electron chi connectivity index (χ1n) is 9.34. The quantitative estimate of drug-likeness (QED) is 0.211. The molecule has 4 rings (SSSR count). The Morgan fingerprint density at radius 1 is 1.38 bits per heavy atom. The van der Waals surface area contributed by atoms with Crippen LogP contribution in [0.1, 0.15) is 18.5 Å². The largest absolute Gasteiger partial charge is 0.477 e. The van der Waals surface area contributed by atoms with Crippen molar-refractivity contribution in [2.75, 3.05) is 18.1 Å². The summed E-state index contributed by atoms with van der Waals surface area (Å²) >= 11 is 2.34. The number of hydrogen-bond acceptors (Lipinski definition) is 11. The molecule has 6 N–H and O–H groups in total. The lowest BCUT2D eigenvalue weighted by molar-refractivity contribution is -0.150. The normalized spacial score (nSPS) is 22.7. The van der Waals surface area contributed by atoms with E-state index in [1.165, 1.54) is 11.8 Å². The highest BCUT2D eigenvalue weighted by atomic mass is 32.2. The maximum atomic E-state index is 12.9. The number of hydrogen-bond donors (Lipinski definition) is 4. The average molecular weight is 483 g/mol. The maximum Gasteiger partial charge on any atom is 0.404 e. The standard InChI is InChI=1S/C17H18N6O7S2/c18-16-20-8(5-32-16)9(22-30-7-1-2-7)12(24)21-10-13(25)23-11(15(26)27)6(3-29-17(19)28)4-31-14(10)23/h5,7,10,14H,1-4H2,(H2,18,20)(H2,19,28)(H,21,24)(H,26,27)/t10-,14+/m1/s1. The molecule has 3 amide bonds. The summed E-state index contributed by atoms with van der Waals surface area (Å²) in [6.45, 7) is -0.349. The predicted octanol–water partition coefficient (Wildman–Crippen LogP) is -0.558. The number of aromatic nitrogens is 1. The third-order valence-electron chi connectivity index (χ3n) is 4.72. The van der Waals surface area contributed by atoms with Gasteiger partial charge in [0.1, 0.15) is 35.5 Å². The minimum Gasteiger partial charge on any atom is -0.477 e. The fourth-order valence-corrected chi connectivity index (χ4v) is 4.94. The number of β-lactam (4-membered cyclic amide) rings is 1. The number of nitrogens with one attached hydrogen (secondary N) is 1. The lowest BCUT2D eigenvalue weighted by atomic mass is 10.0. The van der Waals surface area contributed by atoms with E-state index >= 15 is 0 Å². The number of nitrogen functional groups attached to an aromatic ring is 1. The molecule has 1 aliphatic carbocycles. The van der Waals surface area contributed by atoms with Crippen LogP contribution in [0.15, 0.2) is 21.8 Å². The topological polar surface area (TPSA) is 200 Å². The molecule has 15 heteroatoms. The van der Waals surface area contributed by atoms with Gasteiger partial charge in [-0.1, -0.05) is 5.16 Å². The Balaban J connectivity index is 1.50. The molecule has 2 aliphatic heterocycles. The Hall–Kier alpha value is -3.33. The van der Waals surface area contributed by atoms with E-state index in [0.717, 1.165) is 29.1 Å². The number of nitrogens with two attached hydrogens (primary N) is 2. The molecule has 0 bridgehead atoms. The van der Waals surface area contributed by atoms with Crippen molar-refractivity contribution in [3.8, 4) is 0 Å². The molecule has 0 aromatic carbocycles. The van der Waals surface area contributed by atoms with Crippen LogP contribution >= 0.6 is 23.1 Å². The number of carboxylic acids is 1. The molecule has 1 aromatic heterocycles. The number of aliphatic carboxylic acids is 1. The summed E-state index contributed by atoms with van der Waals surface area (Å²) in [4.78, 5) is 58.6. The van der Waals surface area contributed by atoms with Gasteiger partial charge < -0.3 is 31.5 Å².